The predicted octanol–water partition coefficient (Wildman–Crippen LogP) is 3.52. The number of aryl methyl sites for hydroxylation is 1. The minimum atomic E-state index is -0.456. The van der Waals surface area contributed by atoms with Crippen LogP contribution >= 0.6 is 11.6 Å². The first-order valence-electron chi connectivity index (χ1n) is 8.33. The van der Waals surface area contributed by atoms with Gasteiger partial charge in [-0.2, -0.15) is 5.10 Å². The lowest BCUT2D eigenvalue weighted by atomic mass is 9.93. The summed E-state index contributed by atoms with van der Waals surface area (Å²) >= 11 is 5.61. The summed E-state index contributed by atoms with van der Waals surface area (Å²) in [5.41, 5.74) is 2.50. The molecular formula is C18H26ClN3O3. The summed E-state index contributed by atoms with van der Waals surface area (Å²) in [6, 6.07) is 0. The number of halogens is 1. The summed E-state index contributed by atoms with van der Waals surface area (Å²) < 4.78 is 7.00. The van der Waals surface area contributed by atoms with Crippen molar-refractivity contribution in [2.45, 2.75) is 46.6 Å². The molecule has 1 amide bonds. The number of aromatic nitrogens is 2. The first-order chi connectivity index (χ1) is 11.8. The molecule has 7 heteroatoms. The van der Waals surface area contributed by atoms with Crippen molar-refractivity contribution in [2.75, 3.05) is 0 Å². The van der Waals surface area contributed by atoms with Gasteiger partial charge in [-0.3, -0.25) is 14.3 Å². The first kappa shape index (κ1) is 21.0. The SMILES string of the molecule is C=C(Cl)C(=O)N/C=C(/c1cnn(C)c1COC(=O)CCC)C(C)CC. The van der Waals surface area contributed by atoms with E-state index < -0.39 is 5.91 Å². The second kappa shape index (κ2) is 10.0. The Morgan fingerprint density at radius 2 is 2.16 bits per heavy atom. The maximum Gasteiger partial charge on any atom is 0.306 e. The molecule has 0 bridgehead atoms. The molecule has 6 nitrogen and oxygen atoms in total. The van der Waals surface area contributed by atoms with Crippen LogP contribution < -0.4 is 5.32 Å². The molecule has 1 heterocycles. The molecule has 1 aromatic heterocycles. The zero-order valence-electron chi connectivity index (χ0n) is 15.3. The Kier molecular flexibility index (Phi) is 8.41. The van der Waals surface area contributed by atoms with Crippen LogP contribution in [-0.4, -0.2) is 21.7 Å². The third kappa shape index (κ3) is 6.05. The fourth-order valence-electron chi connectivity index (χ4n) is 2.23. The molecule has 138 valence electrons. The van der Waals surface area contributed by atoms with Gasteiger partial charge in [0.2, 0.25) is 0 Å². The lowest BCUT2D eigenvalue weighted by Gasteiger charge is -2.16. The average molecular weight is 368 g/mol. The second-order valence-corrected chi connectivity index (χ2v) is 6.28. The van der Waals surface area contributed by atoms with Crippen LogP contribution in [0, 0.1) is 5.92 Å². The number of nitrogens with zero attached hydrogens (tertiary/aromatic N) is 2. The highest BCUT2D eigenvalue weighted by Gasteiger charge is 2.19. The summed E-state index contributed by atoms with van der Waals surface area (Å²) in [5, 5.41) is 6.83. The van der Waals surface area contributed by atoms with Crippen LogP contribution in [0.15, 0.2) is 24.0 Å². The van der Waals surface area contributed by atoms with Gasteiger partial charge in [0.05, 0.1) is 16.9 Å². The predicted molar refractivity (Wildman–Crippen MR) is 98.5 cm³/mol. The molecule has 0 aliphatic carbocycles. The number of amides is 1. The number of ether oxygens (including phenoxy) is 1. The van der Waals surface area contributed by atoms with Gasteiger partial charge in [0.15, 0.2) is 0 Å². The quantitative estimate of drug-likeness (QED) is 0.535. The molecule has 0 spiro atoms. The Labute approximate surface area is 153 Å². The zero-order chi connectivity index (χ0) is 19.0. The van der Waals surface area contributed by atoms with Crippen LogP contribution in [0.2, 0.25) is 0 Å². The smallest absolute Gasteiger partial charge is 0.306 e. The molecule has 0 radical (unpaired) electrons. The monoisotopic (exact) mass is 367 g/mol. The number of allylic oxidation sites excluding steroid dienone is 1. The minimum absolute atomic E-state index is 0.0837. The summed E-state index contributed by atoms with van der Waals surface area (Å²) in [6.45, 7) is 9.57. The van der Waals surface area contributed by atoms with Crippen LogP contribution in [0.3, 0.4) is 0 Å². The minimum Gasteiger partial charge on any atom is -0.459 e. The van der Waals surface area contributed by atoms with Crippen molar-refractivity contribution in [3.05, 3.63) is 35.3 Å². The Hall–Kier alpha value is -2.08. The molecule has 1 aromatic rings. The highest BCUT2D eigenvalue weighted by atomic mass is 35.5. The highest BCUT2D eigenvalue weighted by molar-refractivity contribution is 6.41. The number of nitrogens with one attached hydrogen (secondary N) is 1. The van der Waals surface area contributed by atoms with E-state index in [4.69, 9.17) is 16.3 Å². The molecule has 25 heavy (non-hydrogen) atoms. The Morgan fingerprint density at radius 3 is 2.72 bits per heavy atom. The van der Waals surface area contributed by atoms with Gasteiger partial charge in [0.1, 0.15) is 6.61 Å². The molecule has 0 aliphatic heterocycles. The lowest BCUT2D eigenvalue weighted by molar-refractivity contribution is -0.145. The van der Waals surface area contributed by atoms with Gasteiger partial charge in [0.25, 0.3) is 5.91 Å². The average Bonchev–Trinajstić information content (AvgIpc) is 2.93. The third-order valence-electron chi connectivity index (χ3n) is 3.95. The van der Waals surface area contributed by atoms with E-state index in [-0.39, 0.29) is 23.5 Å². The van der Waals surface area contributed by atoms with Crippen molar-refractivity contribution in [2.24, 2.45) is 13.0 Å². The Bertz CT molecular complexity index is 665. The molecule has 1 rings (SSSR count). The fourth-order valence-corrected chi connectivity index (χ4v) is 2.28. The van der Waals surface area contributed by atoms with Crippen LogP contribution in [0.5, 0.6) is 0 Å². The maximum atomic E-state index is 11.7. The highest BCUT2D eigenvalue weighted by Crippen LogP contribution is 2.28. The van der Waals surface area contributed by atoms with E-state index in [2.05, 4.69) is 23.9 Å². The van der Waals surface area contributed by atoms with Crippen LogP contribution in [-0.2, 0) is 28.0 Å². The molecule has 1 atom stereocenters. The normalized spacial score (nSPS) is 12.6. The largest absolute Gasteiger partial charge is 0.459 e. The third-order valence-corrected chi connectivity index (χ3v) is 4.12. The first-order valence-corrected chi connectivity index (χ1v) is 8.71. The number of hydrogen-bond donors (Lipinski definition) is 1. The molecule has 0 saturated carbocycles. The van der Waals surface area contributed by atoms with Gasteiger partial charge in [0, 0.05) is 25.2 Å². The van der Waals surface area contributed by atoms with Crippen molar-refractivity contribution in [1.29, 1.82) is 0 Å². The number of carbonyl (C=O) groups excluding carboxylic acids is 2. The Morgan fingerprint density at radius 1 is 1.48 bits per heavy atom. The maximum absolute atomic E-state index is 11.7. The van der Waals surface area contributed by atoms with E-state index in [1.807, 2.05) is 13.8 Å². The van der Waals surface area contributed by atoms with E-state index >= 15 is 0 Å². The summed E-state index contributed by atoms with van der Waals surface area (Å²) in [6.07, 6.45) is 5.33. The van der Waals surface area contributed by atoms with E-state index in [0.717, 1.165) is 29.7 Å². The van der Waals surface area contributed by atoms with Crippen LogP contribution in [0.1, 0.15) is 51.3 Å². The number of esters is 1. The zero-order valence-corrected chi connectivity index (χ0v) is 16.0. The topological polar surface area (TPSA) is 73.2 Å². The number of hydrogen-bond acceptors (Lipinski definition) is 4. The Balaban J connectivity index is 3.10. The van der Waals surface area contributed by atoms with E-state index in [1.54, 1.807) is 24.1 Å². The van der Waals surface area contributed by atoms with Gasteiger partial charge in [-0.25, -0.2) is 0 Å². The molecular weight excluding hydrogens is 342 g/mol. The van der Waals surface area contributed by atoms with Gasteiger partial charge in [-0.15, -0.1) is 0 Å². The standard InChI is InChI=1S/C18H26ClN3O3/c1-6-8-17(23)25-11-16-15(10-21-22(16)5)14(12(3)7-2)9-20-18(24)13(4)19/h9-10,12H,4,6-8,11H2,1-3,5H3,(H,20,24)/b14-9+. The van der Waals surface area contributed by atoms with Crippen molar-refractivity contribution < 1.29 is 14.3 Å². The van der Waals surface area contributed by atoms with Crippen LogP contribution in [0.25, 0.3) is 5.57 Å². The van der Waals surface area contributed by atoms with Crippen molar-refractivity contribution >= 4 is 29.1 Å². The van der Waals surface area contributed by atoms with Gasteiger partial charge in [-0.05, 0) is 24.3 Å². The van der Waals surface area contributed by atoms with E-state index in [9.17, 15) is 9.59 Å². The summed E-state index contributed by atoms with van der Waals surface area (Å²) in [7, 11) is 1.79. The lowest BCUT2D eigenvalue weighted by Crippen LogP contribution is -2.18. The van der Waals surface area contributed by atoms with E-state index in [1.165, 1.54) is 0 Å². The second-order valence-electron chi connectivity index (χ2n) is 5.83. The molecule has 0 aromatic carbocycles. The van der Waals surface area contributed by atoms with Crippen molar-refractivity contribution in [1.82, 2.24) is 15.1 Å². The van der Waals surface area contributed by atoms with Crippen molar-refractivity contribution in [3.63, 3.8) is 0 Å². The molecule has 0 saturated heterocycles. The van der Waals surface area contributed by atoms with Gasteiger partial charge in [-0.1, -0.05) is 39.0 Å². The van der Waals surface area contributed by atoms with E-state index in [0.29, 0.717) is 6.42 Å². The molecule has 1 N–H and O–H groups in total. The summed E-state index contributed by atoms with van der Waals surface area (Å²) in [5.74, 6) is -0.532. The fraction of sp³-hybridized carbons (Fsp3) is 0.500. The van der Waals surface area contributed by atoms with Gasteiger partial charge < -0.3 is 10.1 Å². The molecule has 0 fully saturated rings. The molecule has 0 aliphatic rings. The summed E-state index contributed by atoms with van der Waals surface area (Å²) in [4.78, 5) is 23.4. The van der Waals surface area contributed by atoms with Crippen LogP contribution in [0.4, 0.5) is 0 Å². The number of carbonyl (C=O) groups is 2. The molecule has 1 unspecified atom stereocenters. The number of rotatable bonds is 9. The van der Waals surface area contributed by atoms with Gasteiger partial charge >= 0.3 is 5.97 Å². The van der Waals surface area contributed by atoms with Crippen molar-refractivity contribution in [3.8, 4) is 0 Å².